The fourth-order valence-corrected chi connectivity index (χ4v) is 3.69. The molecule has 1 saturated heterocycles. The van der Waals surface area contributed by atoms with Crippen LogP contribution in [0.1, 0.15) is 37.8 Å². The second kappa shape index (κ2) is 11.1. The van der Waals surface area contributed by atoms with Crippen LogP contribution in [-0.2, 0) is 0 Å². The van der Waals surface area contributed by atoms with Gasteiger partial charge in [0.2, 0.25) is 0 Å². The van der Waals surface area contributed by atoms with Crippen LogP contribution in [0, 0.1) is 5.92 Å². The van der Waals surface area contributed by atoms with E-state index in [0.29, 0.717) is 17.4 Å². The second-order valence-corrected chi connectivity index (χ2v) is 7.71. The van der Waals surface area contributed by atoms with Gasteiger partial charge in [-0.25, -0.2) is 4.98 Å². The van der Waals surface area contributed by atoms with E-state index < -0.39 is 6.36 Å². The SMILES string of the molecule is C/C=C(\C=N/C)c1ccnc(Nc2ccc(OC(F)(F)F)cc2)c1/C(=C\CCC)C1CNC1. The number of aliphatic imine (C=N–C) groups is 1. The van der Waals surface area contributed by atoms with Gasteiger partial charge >= 0.3 is 6.36 Å². The highest BCUT2D eigenvalue weighted by Crippen LogP contribution is 2.38. The number of hydrogen-bond acceptors (Lipinski definition) is 5. The fourth-order valence-electron chi connectivity index (χ4n) is 3.69. The predicted octanol–water partition coefficient (Wildman–Crippen LogP) is 6.23. The van der Waals surface area contributed by atoms with E-state index in [1.165, 1.54) is 17.7 Å². The van der Waals surface area contributed by atoms with Crippen LogP contribution in [0.3, 0.4) is 0 Å². The average molecular weight is 459 g/mol. The molecule has 0 amide bonds. The number of hydrogen-bond donors (Lipinski definition) is 2. The van der Waals surface area contributed by atoms with Gasteiger partial charge in [-0.2, -0.15) is 0 Å². The third-order valence-corrected chi connectivity index (χ3v) is 5.35. The Labute approximate surface area is 192 Å². The maximum absolute atomic E-state index is 12.5. The largest absolute Gasteiger partial charge is 0.573 e. The monoisotopic (exact) mass is 458 g/mol. The van der Waals surface area contributed by atoms with Crippen molar-refractivity contribution in [1.29, 1.82) is 0 Å². The number of nitrogens with zero attached hydrogens (tertiary/aromatic N) is 2. The van der Waals surface area contributed by atoms with E-state index in [0.717, 1.165) is 42.6 Å². The Morgan fingerprint density at radius 3 is 2.52 bits per heavy atom. The average Bonchev–Trinajstić information content (AvgIpc) is 2.74. The van der Waals surface area contributed by atoms with Crippen molar-refractivity contribution in [1.82, 2.24) is 10.3 Å². The highest BCUT2D eigenvalue weighted by atomic mass is 19.4. The molecule has 1 aliphatic heterocycles. The molecule has 5 nitrogen and oxygen atoms in total. The molecule has 0 spiro atoms. The maximum atomic E-state index is 12.5. The molecule has 1 aromatic heterocycles. The first-order chi connectivity index (χ1) is 15.9. The molecule has 1 aliphatic rings. The summed E-state index contributed by atoms with van der Waals surface area (Å²) in [5, 5.41) is 6.64. The Morgan fingerprint density at radius 1 is 1.24 bits per heavy atom. The molecule has 33 heavy (non-hydrogen) atoms. The number of alkyl halides is 3. The van der Waals surface area contributed by atoms with Gasteiger partial charge in [0.1, 0.15) is 11.6 Å². The minimum Gasteiger partial charge on any atom is -0.406 e. The van der Waals surface area contributed by atoms with E-state index in [-0.39, 0.29) is 5.75 Å². The van der Waals surface area contributed by atoms with Crippen LogP contribution in [0.15, 0.2) is 53.7 Å². The van der Waals surface area contributed by atoms with Crippen molar-refractivity contribution in [3.63, 3.8) is 0 Å². The van der Waals surface area contributed by atoms with Crippen LogP contribution in [0.2, 0.25) is 0 Å². The van der Waals surface area contributed by atoms with Gasteiger partial charge in [0.05, 0.1) is 0 Å². The van der Waals surface area contributed by atoms with E-state index in [2.05, 4.69) is 38.3 Å². The number of benzene rings is 1. The Kier molecular flexibility index (Phi) is 8.27. The first-order valence-corrected chi connectivity index (χ1v) is 11.0. The number of ether oxygens (including phenoxy) is 1. The topological polar surface area (TPSA) is 58.5 Å². The number of unbranched alkanes of at least 4 members (excludes halogenated alkanes) is 1. The molecular weight excluding hydrogens is 429 g/mol. The standard InChI is InChI=1S/C25H29F3N4O/c1-4-6-7-21(18-15-30-16-18)23-22(17(5-2)14-29-3)12-13-31-24(23)32-19-8-10-20(11-9-19)33-25(26,27)28/h5,7-14,18,30H,4,6,15-16H2,1-3H3,(H,31,32)/b17-5+,21-7-,29-14-. The van der Waals surface area contributed by atoms with Crippen molar-refractivity contribution in [3.8, 4) is 5.75 Å². The summed E-state index contributed by atoms with van der Waals surface area (Å²) in [7, 11) is 1.73. The van der Waals surface area contributed by atoms with E-state index in [4.69, 9.17) is 0 Å². The third-order valence-electron chi connectivity index (χ3n) is 5.35. The number of halogens is 3. The van der Waals surface area contributed by atoms with Crippen LogP contribution in [0.4, 0.5) is 24.7 Å². The molecule has 0 bridgehead atoms. The lowest BCUT2D eigenvalue weighted by atomic mass is 9.83. The summed E-state index contributed by atoms with van der Waals surface area (Å²) >= 11 is 0. The molecule has 3 rings (SSSR count). The molecule has 8 heteroatoms. The van der Waals surface area contributed by atoms with E-state index in [1.54, 1.807) is 25.4 Å². The van der Waals surface area contributed by atoms with Gasteiger partial charge in [0, 0.05) is 49.7 Å². The van der Waals surface area contributed by atoms with Crippen LogP contribution >= 0.6 is 0 Å². The normalized spacial score (nSPS) is 15.6. The van der Waals surface area contributed by atoms with Gasteiger partial charge < -0.3 is 15.4 Å². The smallest absolute Gasteiger partial charge is 0.406 e. The summed E-state index contributed by atoms with van der Waals surface area (Å²) in [6, 6.07) is 7.63. The van der Waals surface area contributed by atoms with Crippen molar-refractivity contribution < 1.29 is 17.9 Å². The molecule has 1 aromatic carbocycles. The lowest BCUT2D eigenvalue weighted by Gasteiger charge is -2.32. The first kappa shape index (κ1) is 24.5. The lowest BCUT2D eigenvalue weighted by Crippen LogP contribution is -2.42. The molecule has 176 valence electrons. The van der Waals surface area contributed by atoms with E-state index in [1.807, 2.05) is 25.3 Å². The Morgan fingerprint density at radius 2 is 1.97 bits per heavy atom. The van der Waals surface area contributed by atoms with Crippen molar-refractivity contribution in [2.75, 3.05) is 25.5 Å². The maximum Gasteiger partial charge on any atom is 0.573 e. The summed E-state index contributed by atoms with van der Waals surface area (Å²) in [5.74, 6) is 0.740. The van der Waals surface area contributed by atoms with Crippen LogP contribution in [0.5, 0.6) is 5.75 Å². The van der Waals surface area contributed by atoms with Gasteiger partial charge in [-0.1, -0.05) is 25.5 Å². The predicted molar refractivity (Wildman–Crippen MR) is 128 cm³/mol. The van der Waals surface area contributed by atoms with Gasteiger partial charge in [-0.3, -0.25) is 4.99 Å². The van der Waals surface area contributed by atoms with Crippen molar-refractivity contribution in [2.45, 2.75) is 33.1 Å². The number of pyridine rings is 1. The fraction of sp³-hybridized carbons (Fsp3) is 0.360. The molecule has 0 unspecified atom stereocenters. The van der Waals surface area contributed by atoms with Crippen molar-refractivity contribution in [2.24, 2.45) is 10.9 Å². The zero-order chi connectivity index (χ0) is 23.8. The molecule has 0 atom stereocenters. The number of aromatic nitrogens is 1. The van der Waals surface area contributed by atoms with Crippen LogP contribution < -0.4 is 15.4 Å². The van der Waals surface area contributed by atoms with Crippen LogP contribution in [-0.4, -0.2) is 37.7 Å². The first-order valence-electron chi connectivity index (χ1n) is 11.0. The van der Waals surface area contributed by atoms with Crippen LogP contribution in [0.25, 0.3) is 11.1 Å². The molecule has 0 aliphatic carbocycles. The number of rotatable bonds is 9. The summed E-state index contributed by atoms with van der Waals surface area (Å²) < 4.78 is 41.4. The molecule has 2 heterocycles. The third kappa shape index (κ3) is 6.44. The van der Waals surface area contributed by atoms with E-state index >= 15 is 0 Å². The summed E-state index contributed by atoms with van der Waals surface area (Å²) in [6.45, 7) is 5.88. The minimum absolute atomic E-state index is 0.269. The Balaban J connectivity index is 2.05. The molecule has 2 aromatic rings. The number of allylic oxidation sites excluding steroid dienone is 3. The number of nitrogens with one attached hydrogen (secondary N) is 2. The van der Waals surface area contributed by atoms with Gasteiger partial charge in [0.15, 0.2) is 0 Å². The summed E-state index contributed by atoms with van der Waals surface area (Å²) in [4.78, 5) is 8.81. The molecular formula is C25H29F3N4O. The Bertz CT molecular complexity index is 1020. The van der Waals surface area contributed by atoms with Crippen molar-refractivity contribution in [3.05, 3.63) is 59.8 Å². The Hall–Kier alpha value is -3.13. The lowest BCUT2D eigenvalue weighted by molar-refractivity contribution is -0.274. The zero-order valence-corrected chi connectivity index (χ0v) is 19.0. The molecule has 0 radical (unpaired) electrons. The highest BCUT2D eigenvalue weighted by molar-refractivity contribution is 6.12. The minimum atomic E-state index is -4.72. The number of anilines is 2. The molecule has 1 fully saturated rings. The van der Waals surface area contributed by atoms with Gasteiger partial charge in [-0.05, 0) is 60.4 Å². The van der Waals surface area contributed by atoms with E-state index in [9.17, 15) is 13.2 Å². The summed E-state index contributed by atoms with van der Waals surface area (Å²) in [5.41, 5.74) is 4.79. The van der Waals surface area contributed by atoms with Crippen molar-refractivity contribution >= 4 is 28.9 Å². The highest BCUT2D eigenvalue weighted by Gasteiger charge is 2.31. The van der Waals surface area contributed by atoms with Gasteiger partial charge in [-0.15, -0.1) is 13.2 Å². The summed E-state index contributed by atoms with van der Waals surface area (Å²) in [6.07, 6.45) is 5.07. The second-order valence-electron chi connectivity index (χ2n) is 7.71. The van der Waals surface area contributed by atoms with Gasteiger partial charge in [0.25, 0.3) is 0 Å². The quantitative estimate of drug-likeness (QED) is 0.437. The molecule has 0 saturated carbocycles. The molecule has 2 N–H and O–H groups in total. The zero-order valence-electron chi connectivity index (χ0n) is 19.0.